The molecule has 1 aromatic heterocycles. The van der Waals surface area contributed by atoms with E-state index in [1.54, 1.807) is 5.48 Å². The van der Waals surface area contributed by atoms with E-state index in [0.29, 0.717) is 0 Å². The smallest absolute Gasteiger partial charge is 0.0701 e. The molecule has 0 spiro atoms. The third-order valence-corrected chi connectivity index (χ3v) is 1.51. The fourth-order valence-corrected chi connectivity index (χ4v) is 1.02. The summed E-state index contributed by atoms with van der Waals surface area (Å²) in [4.78, 5) is 4.18. The van der Waals surface area contributed by atoms with Gasteiger partial charge < -0.3 is 5.21 Å². The molecule has 0 aliphatic carbocycles. The normalized spacial score (nSPS) is 8.27. The number of nitrogens with one attached hydrogen (secondary N) is 1. The van der Waals surface area contributed by atoms with Gasteiger partial charge in [-0.1, -0.05) is 38.1 Å². The second kappa shape index (κ2) is 9.12. The summed E-state index contributed by atoms with van der Waals surface area (Å²) in [6.07, 6.45) is 1.81. The van der Waals surface area contributed by atoms with Gasteiger partial charge in [0.15, 0.2) is 0 Å². The van der Waals surface area contributed by atoms with E-state index < -0.39 is 0 Å². The molecular formula is C12H18N2O. The van der Waals surface area contributed by atoms with E-state index in [2.05, 4.69) is 17.1 Å². The summed E-state index contributed by atoms with van der Waals surface area (Å²) in [7, 11) is 1.43. The van der Waals surface area contributed by atoms with Crippen molar-refractivity contribution in [1.82, 2.24) is 10.5 Å². The average Bonchev–Trinajstić information content (AvgIpc) is 2.33. The van der Waals surface area contributed by atoms with Crippen LogP contribution in [-0.2, 0) is 0 Å². The third kappa shape index (κ3) is 5.10. The Morgan fingerprint density at radius 3 is 2.20 bits per heavy atom. The van der Waals surface area contributed by atoms with Gasteiger partial charge >= 0.3 is 0 Å². The summed E-state index contributed by atoms with van der Waals surface area (Å²) in [5.41, 5.74) is 2.81. The van der Waals surface area contributed by atoms with Gasteiger partial charge in [0.05, 0.1) is 5.52 Å². The topological polar surface area (TPSA) is 45.1 Å². The second-order valence-electron chi connectivity index (χ2n) is 2.42. The first-order chi connectivity index (χ1) is 7.38. The molecule has 2 aromatic rings. The molecule has 0 saturated heterocycles. The lowest BCUT2D eigenvalue weighted by Crippen LogP contribution is -1.91. The molecule has 0 aliphatic heterocycles. The monoisotopic (exact) mass is 206 g/mol. The highest BCUT2D eigenvalue weighted by atomic mass is 16.5. The SMILES string of the molecule is CC.CNO.c1ccc2ncccc2c1. The Bertz CT molecular complexity index is 298. The molecule has 0 fully saturated rings. The molecule has 1 aromatic carbocycles. The third-order valence-electron chi connectivity index (χ3n) is 1.51. The fourth-order valence-electron chi connectivity index (χ4n) is 1.02. The zero-order valence-electron chi connectivity index (χ0n) is 9.44. The molecule has 0 bridgehead atoms. The van der Waals surface area contributed by atoms with E-state index in [4.69, 9.17) is 5.21 Å². The number of nitrogens with zero attached hydrogens (tertiary/aromatic N) is 1. The van der Waals surface area contributed by atoms with Gasteiger partial charge in [-0.3, -0.25) is 4.98 Å². The van der Waals surface area contributed by atoms with Crippen molar-refractivity contribution in [2.45, 2.75) is 13.8 Å². The minimum Gasteiger partial charge on any atom is -0.317 e. The lowest BCUT2D eigenvalue weighted by Gasteiger charge is -1.91. The van der Waals surface area contributed by atoms with Crippen LogP contribution in [0.2, 0.25) is 0 Å². The quantitative estimate of drug-likeness (QED) is 0.651. The van der Waals surface area contributed by atoms with Crippen molar-refractivity contribution < 1.29 is 5.21 Å². The molecular weight excluding hydrogens is 188 g/mol. The summed E-state index contributed by atoms with van der Waals surface area (Å²) in [5.74, 6) is 0. The van der Waals surface area contributed by atoms with E-state index in [1.807, 2.05) is 44.3 Å². The molecule has 0 atom stereocenters. The van der Waals surface area contributed by atoms with E-state index in [0.717, 1.165) is 5.52 Å². The van der Waals surface area contributed by atoms with Crippen molar-refractivity contribution in [1.29, 1.82) is 0 Å². The summed E-state index contributed by atoms with van der Waals surface area (Å²) in [6, 6.07) is 12.1. The molecule has 3 heteroatoms. The molecule has 0 unspecified atom stereocenters. The lowest BCUT2D eigenvalue weighted by atomic mass is 10.2. The number of rotatable bonds is 0. The predicted octanol–water partition coefficient (Wildman–Crippen LogP) is 2.86. The van der Waals surface area contributed by atoms with E-state index in [-0.39, 0.29) is 0 Å². The van der Waals surface area contributed by atoms with Crippen LogP contribution in [0, 0.1) is 0 Å². The Labute approximate surface area is 90.7 Å². The van der Waals surface area contributed by atoms with Crippen LogP contribution in [-0.4, -0.2) is 17.2 Å². The first-order valence-corrected chi connectivity index (χ1v) is 4.99. The maximum absolute atomic E-state index is 7.32. The molecule has 82 valence electrons. The zero-order valence-corrected chi connectivity index (χ0v) is 9.44. The maximum atomic E-state index is 7.32. The largest absolute Gasteiger partial charge is 0.317 e. The van der Waals surface area contributed by atoms with Gasteiger partial charge in [0.25, 0.3) is 0 Å². The number of fused-ring (bicyclic) bond motifs is 1. The van der Waals surface area contributed by atoms with E-state index in [9.17, 15) is 0 Å². The summed E-state index contributed by atoms with van der Waals surface area (Å²) in [6.45, 7) is 4.00. The fraction of sp³-hybridized carbons (Fsp3) is 0.250. The Morgan fingerprint density at radius 2 is 1.60 bits per heavy atom. The van der Waals surface area contributed by atoms with Gasteiger partial charge in [-0.15, -0.1) is 0 Å². The molecule has 15 heavy (non-hydrogen) atoms. The van der Waals surface area contributed by atoms with Crippen LogP contribution in [0.4, 0.5) is 0 Å². The van der Waals surface area contributed by atoms with Crippen molar-refractivity contribution in [3.05, 3.63) is 42.6 Å². The van der Waals surface area contributed by atoms with Crippen molar-refractivity contribution in [3.63, 3.8) is 0 Å². The van der Waals surface area contributed by atoms with Crippen LogP contribution in [0.5, 0.6) is 0 Å². The number of benzene rings is 1. The lowest BCUT2D eigenvalue weighted by molar-refractivity contribution is 0.194. The van der Waals surface area contributed by atoms with Crippen molar-refractivity contribution >= 4 is 10.9 Å². The first kappa shape index (κ1) is 13.5. The van der Waals surface area contributed by atoms with Gasteiger partial charge in [-0.05, 0) is 12.1 Å². The van der Waals surface area contributed by atoms with Crippen LogP contribution in [0.3, 0.4) is 0 Å². The highest BCUT2D eigenvalue weighted by Gasteiger charge is 1.86. The Kier molecular flexibility index (Phi) is 8.24. The molecule has 2 rings (SSSR count). The number of aromatic nitrogens is 1. The molecule has 0 saturated carbocycles. The molecule has 0 amide bonds. The second-order valence-corrected chi connectivity index (χ2v) is 2.42. The maximum Gasteiger partial charge on any atom is 0.0701 e. The van der Waals surface area contributed by atoms with Crippen LogP contribution in [0.25, 0.3) is 10.9 Å². The number of hydrogen-bond acceptors (Lipinski definition) is 3. The van der Waals surface area contributed by atoms with Crippen LogP contribution in [0.1, 0.15) is 13.8 Å². The Morgan fingerprint density at radius 1 is 1.07 bits per heavy atom. The molecule has 3 nitrogen and oxygen atoms in total. The number of hydrogen-bond donors (Lipinski definition) is 2. The van der Waals surface area contributed by atoms with Gasteiger partial charge in [-0.2, -0.15) is 0 Å². The minimum absolute atomic E-state index is 1.06. The number of para-hydroxylation sites is 1. The summed E-state index contributed by atoms with van der Waals surface area (Å²) >= 11 is 0. The van der Waals surface area contributed by atoms with Crippen LogP contribution < -0.4 is 5.48 Å². The van der Waals surface area contributed by atoms with Crippen molar-refractivity contribution in [3.8, 4) is 0 Å². The predicted molar refractivity (Wildman–Crippen MR) is 63.9 cm³/mol. The summed E-state index contributed by atoms with van der Waals surface area (Å²) in [5, 5.41) is 8.52. The van der Waals surface area contributed by atoms with Gasteiger partial charge in [0.2, 0.25) is 0 Å². The van der Waals surface area contributed by atoms with E-state index in [1.165, 1.54) is 12.4 Å². The van der Waals surface area contributed by atoms with Crippen molar-refractivity contribution in [2.75, 3.05) is 7.05 Å². The minimum atomic E-state index is 1.06. The highest BCUT2D eigenvalue weighted by Crippen LogP contribution is 2.07. The van der Waals surface area contributed by atoms with Gasteiger partial charge in [-0.25, -0.2) is 5.48 Å². The van der Waals surface area contributed by atoms with E-state index >= 15 is 0 Å². The standard InChI is InChI=1S/C9H7N.C2H6.CH5NO/c1-2-6-9-8(4-1)5-3-7-10-9;1-2;1-2-3/h1-7H;1-2H3;2-3H,1H3. The Hall–Kier alpha value is -1.45. The van der Waals surface area contributed by atoms with Gasteiger partial charge in [0, 0.05) is 18.6 Å². The molecule has 0 radical (unpaired) electrons. The van der Waals surface area contributed by atoms with Crippen molar-refractivity contribution in [2.24, 2.45) is 0 Å². The molecule has 0 aliphatic rings. The van der Waals surface area contributed by atoms with Crippen LogP contribution in [0.15, 0.2) is 42.6 Å². The number of hydroxylamine groups is 1. The number of pyridine rings is 1. The Balaban J connectivity index is 0.000000342. The first-order valence-electron chi connectivity index (χ1n) is 4.99. The molecule has 2 N–H and O–H groups in total. The zero-order chi connectivity index (χ0) is 11.5. The highest BCUT2D eigenvalue weighted by molar-refractivity contribution is 5.77. The average molecular weight is 206 g/mol. The van der Waals surface area contributed by atoms with Gasteiger partial charge in [0.1, 0.15) is 0 Å². The van der Waals surface area contributed by atoms with Crippen LogP contribution >= 0.6 is 0 Å². The molecule has 1 heterocycles. The summed E-state index contributed by atoms with van der Waals surface area (Å²) < 4.78 is 0.